The fourth-order valence-electron chi connectivity index (χ4n) is 3.74. The summed E-state index contributed by atoms with van der Waals surface area (Å²) in [5, 5.41) is 11.9. The van der Waals surface area contributed by atoms with Crippen LogP contribution in [0.1, 0.15) is 63.4 Å². The van der Waals surface area contributed by atoms with E-state index in [1.165, 1.54) is 12.2 Å². The van der Waals surface area contributed by atoms with E-state index in [0.29, 0.717) is 25.0 Å². The van der Waals surface area contributed by atoms with E-state index < -0.39 is 11.0 Å². The summed E-state index contributed by atoms with van der Waals surface area (Å²) in [5.41, 5.74) is 0.822. The molecule has 0 radical (unpaired) electrons. The first kappa shape index (κ1) is 27.1. The summed E-state index contributed by atoms with van der Waals surface area (Å²) in [4.78, 5) is 38.9. The lowest BCUT2D eigenvalue weighted by molar-refractivity contribution is -0.757. The van der Waals surface area contributed by atoms with Crippen LogP contribution in [0.4, 0.5) is 0 Å². The molecular formula is C25H31NO7S2. The number of ether oxygens (including phenoxy) is 2. The van der Waals surface area contributed by atoms with Crippen molar-refractivity contribution in [1.82, 2.24) is 0 Å². The molecule has 1 aliphatic rings. The molecule has 0 bridgehead atoms. The maximum atomic E-state index is 12.4. The summed E-state index contributed by atoms with van der Waals surface area (Å²) in [6, 6.07) is 11.2. The summed E-state index contributed by atoms with van der Waals surface area (Å²) in [6.45, 7) is 1.95. The van der Waals surface area contributed by atoms with Gasteiger partial charge in [0.05, 0.1) is 19.1 Å². The topological polar surface area (TPSA) is 105 Å². The van der Waals surface area contributed by atoms with Gasteiger partial charge in [0.15, 0.2) is 0 Å². The first-order valence-corrected chi connectivity index (χ1v) is 14.3. The van der Waals surface area contributed by atoms with Crippen molar-refractivity contribution >= 4 is 44.3 Å². The van der Waals surface area contributed by atoms with E-state index in [9.17, 15) is 19.7 Å². The van der Waals surface area contributed by atoms with Crippen LogP contribution in [0.15, 0.2) is 36.4 Å². The Morgan fingerprint density at radius 3 is 2.63 bits per heavy atom. The molecule has 0 unspecified atom stereocenters. The summed E-state index contributed by atoms with van der Waals surface area (Å²) in [7, 11) is 3.91. The van der Waals surface area contributed by atoms with Gasteiger partial charge in [0.2, 0.25) is 0 Å². The highest BCUT2D eigenvalue weighted by atomic mass is 33.1. The number of rotatable bonds is 14. The summed E-state index contributed by atoms with van der Waals surface area (Å²) < 4.78 is 10.8. The van der Waals surface area contributed by atoms with E-state index in [-0.39, 0.29) is 25.2 Å². The average Bonchev–Trinajstić information content (AvgIpc) is 3.36. The van der Waals surface area contributed by atoms with Crippen LogP contribution in [0.2, 0.25) is 0 Å². The van der Waals surface area contributed by atoms with E-state index in [0.717, 1.165) is 40.8 Å². The lowest BCUT2D eigenvalue weighted by atomic mass is 9.98. The highest BCUT2D eigenvalue weighted by Gasteiger charge is 2.18. The monoisotopic (exact) mass is 521 g/mol. The minimum atomic E-state index is -0.835. The lowest BCUT2D eigenvalue weighted by Crippen LogP contribution is -2.14. The zero-order chi connectivity index (χ0) is 25.0. The van der Waals surface area contributed by atoms with E-state index in [2.05, 4.69) is 4.84 Å². The standard InChI is InChI=1S/C25H31NO7S2/c1-18(25(28)31-13-4-5-14-32-26(29)30)19-8-9-21-17-22(11-10-20(21)16-19)33-24(27)7-3-2-6-23-12-15-34-35-23/h8-11,16-18,23H,2-7,12-15H2,1H3/t18-,23+/m0/s1. The van der Waals surface area contributed by atoms with Gasteiger partial charge in [-0.15, -0.1) is 10.1 Å². The van der Waals surface area contributed by atoms with Crippen molar-refractivity contribution in [2.75, 3.05) is 19.0 Å². The van der Waals surface area contributed by atoms with Gasteiger partial charge in [-0.2, -0.15) is 0 Å². The summed E-state index contributed by atoms with van der Waals surface area (Å²) >= 11 is 0. The van der Waals surface area contributed by atoms with Crippen LogP contribution < -0.4 is 4.74 Å². The Kier molecular flexibility index (Phi) is 11.0. The number of esters is 2. The molecule has 190 valence electrons. The minimum absolute atomic E-state index is 0.0129. The zero-order valence-corrected chi connectivity index (χ0v) is 21.4. The predicted molar refractivity (Wildman–Crippen MR) is 138 cm³/mol. The lowest BCUT2D eigenvalue weighted by Gasteiger charge is -2.13. The smallest absolute Gasteiger partial charge is 0.313 e. The molecule has 0 amide bonds. The molecule has 1 fully saturated rings. The number of unbranched alkanes of at least 4 members (excludes halogenated alkanes) is 2. The Bertz CT molecular complexity index is 1010. The van der Waals surface area contributed by atoms with E-state index in [1.54, 1.807) is 13.0 Å². The molecule has 3 rings (SSSR count). The van der Waals surface area contributed by atoms with E-state index in [4.69, 9.17) is 9.47 Å². The van der Waals surface area contributed by atoms with Crippen molar-refractivity contribution in [2.45, 2.75) is 63.0 Å². The second-order valence-corrected chi connectivity index (χ2v) is 11.3. The minimum Gasteiger partial charge on any atom is -0.465 e. The third kappa shape index (κ3) is 9.25. The molecule has 1 saturated heterocycles. The Hall–Kier alpha value is -2.46. The second-order valence-electron chi connectivity index (χ2n) is 8.47. The van der Waals surface area contributed by atoms with Gasteiger partial charge in [-0.25, -0.2) is 0 Å². The van der Waals surface area contributed by atoms with Gasteiger partial charge in [0, 0.05) is 17.4 Å². The highest BCUT2D eigenvalue weighted by molar-refractivity contribution is 8.77. The molecule has 2 aromatic rings. The molecule has 1 aliphatic heterocycles. The van der Waals surface area contributed by atoms with Gasteiger partial charge in [-0.05, 0) is 67.5 Å². The number of hydrogen-bond acceptors (Lipinski definition) is 9. The van der Waals surface area contributed by atoms with Crippen molar-refractivity contribution in [1.29, 1.82) is 0 Å². The maximum Gasteiger partial charge on any atom is 0.313 e. The van der Waals surface area contributed by atoms with Crippen LogP contribution in [0.25, 0.3) is 10.8 Å². The van der Waals surface area contributed by atoms with Gasteiger partial charge >= 0.3 is 11.9 Å². The predicted octanol–water partition coefficient (Wildman–Crippen LogP) is 6.09. The molecule has 0 aliphatic carbocycles. The molecule has 35 heavy (non-hydrogen) atoms. The fourth-order valence-corrected chi connectivity index (χ4v) is 6.77. The number of carbonyl (C=O) groups excluding carboxylic acids is 2. The van der Waals surface area contributed by atoms with Crippen molar-refractivity contribution < 1.29 is 29.0 Å². The Morgan fingerprint density at radius 2 is 1.86 bits per heavy atom. The third-order valence-electron chi connectivity index (χ3n) is 5.78. The maximum absolute atomic E-state index is 12.4. The molecule has 2 atom stereocenters. The highest BCUT2D eigenvalue weighted by Crippen LogP contribution is 2.39. The quantitative estimate of drug-likeness (QED) is 0.0728. The van der Waals surface area contributed by atoms with E-state index in [1.807, 2.05) is 51.9 Å². The SMILES string of the molecule is C[C@H](C(=O)OCCCCO[N+](=O)[O-])c1ccc2cc(OC(=O)CCCC[C@@H]3CCSS3)ccc2c1. The largest absolute Gasteiger partial charge is 0.465 e. The van der Waals surface area contributed by atoms with Crippen molar-refractivity contribution in [3.63, 3.8) is 0 Å². The van der Waals surface area contributed by atoms with Crippen LogP contribution in [0.3, 0.4) is 0 Å². The van der Waals surface area contributed by atoms with Gasteiger partial charge in [-0.1, -0.05) is 52.3 Å². The molecule has 0 saturated carbocycles. The Labute approximate surface area is 212 Å². The number of hydrogen-bond donors (Lipinski definition) is 0. The number of benzene rings is 2. The van der Waals surface area contributed by atoms with Crippen molar-refractivity contribution in [2.24, 2.45) is 0 Å². The molecule has 8 nitrogen and oxygen atoms in total. The number of nitrogens with zero attached hydrogens (tertiary/aromatic N) is 1. The molecule has 10 heteroatoms. The van der Waals surface area contributed by atoms with Crippen LogP contribution >= 0.6 is 21.6 Å². The molecule has 2 aromatic carbocycles. The average molecular weight is 522 g/mol. The Balaban J connectivity index is 1.43. The molecule has 0 N–H and O–H groups in total. The molecule has 0 aromatic heterocycles. The second kappa shape index (κ2) is 14.2. The van der Waals surface area contributed by atoms with Crippen LogP contribution in [-0.2, 0) is 19.2 Å². The molecule has 0 spiro atoms. The van der Waals surface area contributed by atoms with Crippen LogP contribution in [-0.4, -0.2) is 41.2 Å². The number of fused-ring (bicyclic) bond motifs is 1. The third-order valence-corrected chi connectivity index (χ3v) is 8.79. The van der Waals surface area contributed by atoms with Crippen LogP contribution in [0.5, 0.6) is 5.75 Å². The fraction of sp³-hybridized carbons (Fsp3) is 0.520. The first-order valence-electron chi connectivity index (χ1n) is 11.9. The van der Waals surface area contributed by atoms with E-state index >= 15 is 0 Å². The van der Waals surface area contributed by atoms with Gasteiger partial charge < -0.3 is 14.3 Å². The van der Waals surface area contributed by atoms with Gasteiger partial charge in [-0.3, -0.25) is 9.59 Å². The first-order chi connectivity index (χ1) is 16.9. The van der Waals surface area contributed by atoms with Gasteiger partial charge in [0.1, 0.15) is 5.75 Å². The summed E-state index contributed by atoms with van der Waals surface area (Å²) in [5.74, 6) is 0.737. The van der Waals surface area contributed by atoms with Crippen molar-refractivity contribution in [3.8, 4) is 5.75 Å². The molecular weight excluding hydrogens is 490 g/mol. The molecule has 1 heterocycles. The van der Waals surface area contributed by atoms with Crippen LogP contribution in [0, 0.1) is 10.1 Å². The normalized spacial score (nSPS) is 16.1. The summed E-state index contributed by atoms with van der Waals surface area (Å²) in [6.07, 6.45) is 5.66. The van der Waals surface area contributed by atoms with Crippen molar-refractivity contribution in [3.05, 3.63) is 52.1 Å². The van der Waals surface area contributed by atoms with Gasteiger partial charge in [0.25, 0.3) is 5.09 Å². The zero-order valence-electron chi connectivity index (χ0n) is 19.8. The Morgan fingerprint density at radius 1 is 1.09 bits per heavy atom. The number of carbonyl (C=O) groups is 2.